The van der Waals surface area contributed by atoms with Crippen molar-refractivity contribution in [1.29, 1.82) is 0 Å². The van der Waals surface area contributed by atoms with Crippen LogP contribution >= 0.6 is 11.6 Å². The molecule has 0 aliphatic heterocycles. The summed E-state index contributed by atoms with van der Waals surface area (Å²) in [5.74, 6) is 1.45. The standard InChI is InChI=1S/C23H21ClFNO3/c1-3-28-22-13-17(14-26-19-8-10-20(27-2)11-9-19)12-21(24)23(22)29-15-16-4-6-18(25)7-5-16/h4-14H,3,15H2,1-2H3. The van der Waals surface area contributed by atoms with Crippen molar-refractivity contribution in [1.82, 2.24) is 0 Å². The Kier molecular flexibility index (Phi) is 7.09. The number of methoxy groups -OCH3 is 1. The Hall–Kier alpha value is -3.05. The van der Waals surface area contributed by atoms with E-state index in [1.807, 2.05) is 37.3 Å². The molecule has 150 valence electrons. The molecule has 3 aromatic rings. The first kappa shape index (κ1) is 20.7. The first-order chi connectivity index (χ1) is 14.1. The lowest BCUT2D eigenvalue weighted by Gasteiger charge is -2.14. The first-order valence-corrected chi connectivity index (χ1v) is 9.48. The number of nitrogens with zero attached hydrogens (tertiary/aromatic N) is 1. The molecular weight excluding hydrogens is 393 g/mol. The van der Waals surface area contributed by atoms with E-state index in [0.29, 0.717) is 23.1 Å². The molecule has 0 aromatic heterocycles. The topological polar surface area (TPSA) is 40.0 Å². The normalized spacial score (nSPS) is 10.9. The van der Waals surface area contributed by atoms with Crippen LogP contribution in [-0.4, -0.2) is 19.9 Å². The zero-order valence-corrected chi connectivity index (χ0v) is 16.9. The van der Waals surface area contributed by atoms with Crippen LogP contribution in [0.15, 0.2) is 65.7 Å². The fourth-order valence-electron chi connectivity index (χ4n) is 2.62. The molecule has 0 fully saturated rings. The predicted octanol–water partition coefficient (Wildman–Crippen LogP) is 6.22. The lowest BCUT2D eigenvalue weighted by molar-refractivity contribution is 0.269. The van der Waals surface area contributed by atoms with Crippen molar-refractivity contribution in [2.75, 3.05) is 13.7 Å². The molecule has 0 aliphatic carbocycles. The molecule has 4 nitrogen and oxygen atoms in total. The van der Waals surface area contributed by atoms with Crippen molar-refractivity contribution < 1.29 is 18.6 Å². The number of halogens is 2. The fraction of sp³-hybridized carbons (Fsp3) is 0.174. The Morgan fingerprint density at radius 3 is 2.38 bits per heavy atom. The molecule has 0 bridgehead atoms. The van der Waals surface area contributed by atoms with Gasteiger partial charge in [0.25, 0.3) is 0 Å². The number of hydrogen-bond donors (Lipinski definition) is 0. The monoisotopic (exact) mass is 413 g/mol. The third-order valence-electron chi connectivity index (χ3n) is 4.06. The fourth-order valence-corrected chi connectivity index (χ4v) is 2.89. The van der Waals surface area contributed by atoms with E-state index < -0.39 is 0 Å². The zero-order valence-electron chi connectivity index (χ0n) is 16.2. The summed E-state index contributed by atoms with van der Waals surface area (Å²) in [6.45, 7) is 2.59. The van der Waals surface area contributed by atoms with Crippen LogP contribution in [0.3, 0.4) is 0 Å². The Labute approximate surface area is 174 Å². The first-order valence-electron chi connectivity index (χ1n) is 9.10. The highest BCUT2D eigenvalue weighted by Crippen LogP contribution is 2.37. The summed E-state index contributed by atoms with van der Waals surface area (Å²) in [6, 6.07) is 17.1. The highest BCUT2D eigenvalue weighted by Gasteiger charge is 2.12. The molecule has 0 saturated heterocycles. The SMILES string of the molecule is CCOc1cc(C=Nc2ccc(OC)cc2)cc(Cl)c1OCc1ccc(F)cc1. The number of benzene rings is 3. The molecular formula is C23H21ClFNO3. The molecule has 0 unspecified atom stereocenters. The minimum absolute atomic E-state index is 0.249. The van der Waals surface area contributed by atoms with E-state index in [1.54, 1.807) is 31.5 Å². The van der Waals surface area contributed by atoms with Gasteiger partial charge in [0.15, 0.2) is 11.5 Å². The molecule has 0 atom stereocenters. The lowest BCUT2D eigenvalue weighted by atomic mass is 10.2. The molecule has 3 aromatic carbocycles. The molecule has 0 spiro atoms. The highest BCUT2D eigenvalue weighted by atomic mass is 35.5. The number of ether oxygens (including phenoxy) is 3. The van der Waals surface area contributed by atoms with Gasteiger partial charge in [0.1, 0.15) is 18.2 Å². The second-order valence-electron chi connectivity index (χ2n) is 6.13. The minimum Gasteiger partial charge on any atom is -0.497 e. The van der Waals surface area contributed by atoms with Gasteiger partial charge in [0, 0.05) is 6.21 Å². The maximum absolute atomic E-state index is 13.1. The second kappa shape index (κ2) is 9.94. The smallest absolute Gasteiger partial charge is 0.180 e. The molecule has 0 radical (unpaired) electrons. The molecule has 6 heteroatoms. The molecule has 0 saturated carbocycles. The second-order valence-corrected chi connectivity index (χ2v) is 6.54. The third-order valence-corrected chi connectivity index (χ3v) is 4.34. The van der Waals surface area contributed by atoms with E-state index >= 15 is 0 Å². The van der Waals surface area contributed by atoms with Gasteiger partial charge in [-0.25, -0.2) is 4.39 Å². The number of hydrogen-bond acceptors (Lipinski definition) is 4. The van der Waals surface area contributed by atoms with Crippen molar-refractivity contribution in [3.05, 3.63) is 82.6 Å². The van der Waals surface area contributed by atoms with Gasteiger partial charge < -0.3 is 14.2 Å². The summed E-state index contributed by atoms with van der Waals surface area (Å²) in [6.07, 6.45) is 1.71. The van der Waals surface area contributed by atoms with Gasteiger partial charge >= 0.3 is 0 Å². The van der Waals surface area contributed by atoms with Crippen LogP contribution in [0, 0.1) is 5.82 Å². The summed E-state index contributed by atoms with van der Waals surface area (Å²) in [4.78, 5) is 4.45. The molecule has 3 rings (SSSR count). The summed E-state index contributed by atoms with van der Waals surface area (Å²) in [5.41, 5.74) is 2.40. The Morgan fingerprint density at radius 2 is 1.72 bits per heavy atom. The van der Waals surface area contributed by atoms with E-state index in [2.05, 4.69) is 4.99 Å². The molecule has 0 N–H and O–H groups in total. The third kappa shape index (κ3) is 5.72. The Bertz CT molecular complexity index is 973. The van der Waals surface area contributed by atoms with E-state index in [0.717, 1.165) is 22.6 Å². The van der Waals surface area contributed by atoms with Crippen molar-refractivity contribution in [3.8, 4) is 17.2 Å². The van der Waals surface area contributed by atoms with Gasteiger partial charge in [-0.15, -0.1) is 0 Å². The summed E-state index contributed by atoms with van der Waals surface area (Å²) in [7, 11) is 1.62. The van der Waals surface area contributed by atoms with Crippen LogP contribution in [0.4, 0.5) is 10.1 Å². The van der Waals surface area contributed by atoms with Crippen molar-refractivity contribution in [2.45, 2.75) is 13.5 Å². The maximum atomic E-state index is 13.1. The van der Waals surface area contributed by atoms with E-state index in [1.165, 1.54) is 12.1 Å². The Morgan fingerprint density at radius 1 is 1.00 bits per heavy atom. The molecule has 0 amide bonds. The minimum atomic E-state index is -0.290. The van der Waals surface area contributed by atoms with Gasteiger partial charge in [-0.3, -0.25) is 4.99 Å². The predicted molar refractivity (Wildman–Crippen MR) is 114 cm³/mol. The average molecular weight is 414 g/mol. The number of rotatable bonds is 8. The summed E-state index contributed by atoms with van der Waals surface area (Å²) in [5, 5.41) is 0.411. The van der Waals surface area contributed by atoms with Crippen LogP contribution in [0.25, 0.3) is 0 Å². The average Bonchev–Trinajstić information content (AvgIpc) is 2.73. The quantitative estimate of drug-likeness (QED) is 0.412. The molecule has 29 heavy (non-hydrogen) atoms. The van der Waals surface area contributed by atoms with E-state index in [-0.39, 0.29) is 12.4 Å². The van der Waals surface area contributed by atoms with E-state index in [4.69, 9.17) is 25.8 Å². The molecule has 0 aliphatic rings. The zero-order chi connectivity index (χ0) is 20.6. The van der Waals surface area contributed by atoms with Crippen molar-refractivity contribution >= 4 is 23.5 Å². The largest absolute Gasteiger partial charge is 0.497 e. The summed E-state index contributed by atoms with van der Waals surface area (Å²) < 4.78 is 29.8. The Balaban J connectivity index is 1.79. The lowest BCUT2D eigenvalue weighted by Crippen LogP contribution is -2.01. The van der Waals surface area contributed by atoms with Gasteiger partial charge in [0.2, 0.25) is 0 Å². The van der Waals surface area contributed by atoms with Crippen LogP contribution < -0.4 is 14.2 Å². The van der Waals surface area contributed by atoms with Crippen LogP contribution in [0.1, 0.15) is 18.1 Å². The maximum Gasteiger partial charge on any atom is 0.180 e. The van der Waals surface area contributed by atoms with Gasteiger partial charge in [-0.05, 0) is 66.6 Å². The number of aliphatic imine (C=N–C) groups is 1. The summed E-state index contributed by atoms with van der Waals surface area (Å²) >= 11 is 6.44. The van der Waals surface area contributed by atoms with Crippen LogP contribution in [0.2, 0.25) is 5.02 Å². The van der Waals surface area contributed by atoms with Gasteiger partial charge in [0.05, 0.1) is 24.4 Å². The van der Waals surface area contributed by atoms with Crippen LogP contribution in [0.5, 0.6) is 17.2 Å². The van der Waals surface area contributed by atoms with Crippen molar-refractivity contribution in [3.63, 3.8) is 0 Å². The van der Waals surface area contributed by atoms with Gasteiger partial charge in [-0.2, -0.15) is 0 Å². The van der Waals surface area contributed by atoms with Crippen LogP contribution in [-0.2, 0) is 6.61 Å². The highest BCUT2D eigenvalue weighted by molar-refractivity contribution is 6.32. The van der Waals surface area contributed by atoms with Crippen molar-refractivity contribution in [2.24, 2.45) is 4.99 Å². The van der Waals surface area contributed by atoms with E-state index in [9.17, 15) is 4.39 Å². The molecule has 0 heterocycles. The van der Waals surface area contributed by atoms with Gasteiger partial charge in [-0.1, -0.05) is 23.7 Å².